The first-order valence-electron chi connectivity index (χ1n) is 9.53. The maximum Gasteiger partial charge on any atom is 0.418 e. The highest BCUT2D eigenvalue weighted by Gasteiger charge is 2.33. The van der Waals surface area contributed by atoms with Crippen LogP contribution < -0.4 is 5.32 Å². The Morgan fingerprint density at radius 2 is 1.67 bits per heavy atom. The molecule has 1 N–H and O–H groups in total. The number of carbonyl (C=O) groups excluding carboxylic acids is 1. The largest absolute Gasteiger partial charge is 0.418 e. The predicted octanol–water partition coefficient (Wildman–Crippen LogP) is 5.22. The highest BCUT2D eigenvalue weighted by Crippen LogP contribution is 2.35. The van der Waals surface area contributed by atoms with E-state index in [9.17, 15) is 22.4 Å². The zero-order valence-electron chi connectivity index (χ0n) is 16.8. The summed E-state index contributed by atoms with van der Waals surface area (Å²) >= 11 is 0.989. The van der Waals surface area contributed by atoms with Gasteiger partial charge in [-0.3, -0.25) is 14.3 Å². The van der Waals surface area contributed by atoms with Gasteiger partial charge in [0.05, 0.1) is 17.0 Å². The minimum atomic E-state index is -4.60. The van der Waals surface area contributed by atoms with Crippen molar-refractivity contribution in [3.8, 4) is 17.1 Å². The fourth-order valence-electron chi connectivity index (χ4n) is 3.03. The molecule has 0 atom stereocenters. The van der Waals surface area contributed by atoms with Crippen molar-refractivity contribution in [1.29, 1.82) is 0 Å². The number of hydrogen-bond donors (Lipinski definition) is 1. The monoisotopic (exact) mass is 473 g/mol. The normalized spacial score (nSPS) is 11.4. The highest BCUT2D eigenvalue weighted by atomic mass is 32.2. The summed E-state index contributed by atoms with van der Waals surface area (Å²) in [6.45, 7) is 0. The van der Waals surface area contributed by atoms with E-state index in [1.165, 1.54) is 42.5 Å². The molecule has 0 aliphatic carbocycles. The molecular formula is C22H15F4N5OS. The van der Waals surface area contributed by atoms with Crippen LogP contribution >= 0.6 is 11.8 Å². The van der Waals surface area contributed by atoms with Crippen LogP contribution in [0.3, 0.4) is 0 Å². The molecule has 0 saturated carbocycles. The Labute approximate surface area is 189 Å². The van der Waals surface area contributed by atoms with Gasteiger partial charge in [0.2, 0.25) is 5.91 Å². The average molecular weight is 473 g/mol. The molecule has 4 rings (SSSR count). The first-order valence-corrected chi connectivity index (χ1v) is 10.5. The summed E-state index contributed by atoms with van der Waals surface area (Å²) in [7, 11) is 0. The summed E-state index contributed by atoms with van der Waals surface area (Å²) in [5, 5.41) is 10.9. The molecule has 2 heterocycles. The molecule has 0 aliphatic heterocycles. The molecule has 0 spiro atoms. The maximum absolute atomic E-state index is 13.4. The third-order valence-corrected chi connectivity index (χ3v) is 5.42. The zero-order chi connectivity index (χ0) is 23.4. The molecule has 1 amide bonds. The van der Waals surface area contributed by atoms with E-state index in [0.717, 1.165) is 17.8 Å². The van der Waals surface area contributed by atoms with Gasteiger partial charge in [-0.2, -0.15) is 13.2 Å². The fraction of sp³-hybridized carbons (Fsp3) is 0.0909. The fourth-order valence-corrected chi connectivity index (χ4v) is 3.78. The molecular weight excluding hydrogens is 458 g/mol. The molecule has 0 saturated heterocycles. The summed E-state index contributed by atoms with van der Waals surface area (Å²) in [5.41, 5.74) is -0.0124. The smallest absolute Gasteiger partial charge is 0.325 e. The first kappa shape index (κ1) is 22.5. The van der Waals surface area contributed by atoms with Crippen LogP contribution in [0.2, 0.25) is 0 Å². The van der Waals surface area contributed by atoms with Gasteiger partial charge >= 0.3 is 6.18 Å². The minimum Gasteiger partial charge on any atom is -0.325 e. The molecule has 11 heteroatoms. The van der Waals surface area contributed by atoms with E-state index in [1.807, 2.05) is 0 Å². The van der Waals surface area contributed by atoms with E-state index in [2.05, 4.69) is 20.5 Å². The standard InChI is InChI=1S/C22H15F4N5OS/c23-15-5-7-16(8-6-15)31-20(14-9-11-27-12-10-14)29-30-21(31)33-13-19(32)28-18-4-2-1-3-17(18)22(24,25)26/h1-12H,13H2,(H,28,32). The number of benzene rings is 2. The molecule has 2 aromatic carbocycles. The second kappa shape index (κ2) is 9.41. The van der Waals surface area contributed by atoms with Crippen LogP contribution in [0.5, 0.6) is 0 Å². The van der Waals surface area contributed by atoms with E-state index in [1.54, 1.807) is 29.1 Å². The zero-order valence-corrected chi connectivity index (χ0v) is 17.6. The van der Waals surface area contributed by atoms with Crippen molar-refractivity contribution in [3.63, 3.8) is 0 Å². The molecule has 2 aromatic heterocycles. The van der Waals surface area contributed by atoms with Crippen molar-refractivity contribution in [2.45, 2.75) is 11.3 Å². The number of rotatable bonds is 6. The lowest BCUT2D eigenvalue weighted by Crippen LogP contribution is -2.18. The minimum absolute atomic E-state index is 0.220. The molecule has 4 aromatic rings. The second-order valence-electron chi connectivity index (χ2n) is 6.73. The van der Waals surface area contributed by atoms with Crippen LogP contribution in [0.1, 0.15) is 5.56 Å². The van der Waals surface area contributed by atoms with Crippen molar-refractivity contribution >= 4 is 23.4 Å². The van der Waals surface area contributed by atoms with Gasteiger partial charge in [0.1, 0.15) is 5.82 Å². The van der Waals surface area contributed by atoms with Crippen molar-refractivity contribution in [2.24, 2.45) is 0 Å². The van der Waals surface area contributed by atoms with Crippen LogP contribution in [-0.2, 0) is 11.0 Å². The van der Waals surface area contributed by atoms with Gasteiger partial charge in [-0.15, -0.1) is 10.2 Å². The lowest BCUT2D eigenvalue weighted by Gasteiger charge is -2.13. The number of thioether (sulfide) groups is 1. The quantitative estimate of drug-likeness (QED) is 0.307. The Morgan fingerprint density at radius 3 is 2.36 bits per heavy atom. The van der Waals surface area contributed by atoms with Crippen LogP contribution in [-0.4, -0.2) is 31.4 Å². The Bertz CT molecular complexity index is 1260. The number of aromatic nitrogens is 4. The highest BCUT2D eigenvalue weighted by molar-refractivity contribution is 7.99. The molecule has 0 bridgehead atoms. The number of hydrogen-bond acceptors (Lipinski definition) is 5. The summed E-state index contributed by atoms with van der Waals surface area (Å²) in [5.74, 6) is -0.846. The number of nitrogens with one attached hydrogen (secondary N) is 1. The van der Waals surface area contributed by atoms with Gasteiger partial charge in [-0.05, 0) is 48.5 Å². The van der Waals surface area contributed by atoms with E-state index >= 15 is 0 Å². The summed E-state index contributed by atoms with van der Waals surface area (Å²) in [4.78, 5) is 16.4. The third-order valence-electron chi connectivity index (χ3n) is 4.50. The SMILES string of the molecule is O=C(CSc1nnc(-c2ccncc2)n1-c1ccc(F)cc1)Nc1ccccc1C(F)(F)F. The molecule has 6 nitrogen and oxygen atoms in total. The van der Waals surface area contributed by atoms with E-state index in [-0.39, 0.29) is 11.4 Å². The molecule has 0 fully saturated rings. The van der Waals surface area contributed by atoms with Gasteiger partial charge in [0, 0.05) is 23.6 Å². The third kappa shape index (κ3) is 5.20. The number of anilines is 1. The van der Waals surface area contributed by atoms with Gasteiger partial charge in [-0.1, -0.05) is 23.9 Å². The number of amides is 1. The van der Waals surface area contributed by atoms with Gasteiger partial charge in [0.15, 0.2) is 11.0 Å². The maximum atomic E-state index is 13.4. The van der Waals surface area contributed by atoms with Gasteiger partial charge < -0.3 is 5.32 Å². The Hall–Kier alpha value is -3.73. The van der Waals surface area contributed by atoms with Crippen LogP contribution in [0, 0.1) is 5.82 Å². The lowest BCUT2D eigenvalue weighted by molar-refractivity contribution is -0.137. The van der Waals surface area contributed by atoms with E-state index < -0.39 is 23.5 Å². The number of nitrogens with zero attached hydrogens (tertiary/aromatic N) is 4. The average Bonchev–Trinajstić information content (AvgIpc) is 3.22. The molecule has 0 aliphatic rings. The van der Waals surface area contributed by atoms with Crippen molar-refractivity contribution in [2.75, 3.05) is 11.1 Å². The first-order chi connectivity index (χ1) is 15.8. The molecule has 0 unspecified atom stereocenters. The number of carbonyl (C=O) groups is 1. The van der Waals surface area contributed by atoms with Crippen molar-refractivity contribution in [1.82, 2.24) is 19.7 Å². The van der Waals surface area contributed by atoms with Gasteiger partial charge in [-0.25, -0.2) is 4.39 Å². The van der Waals surface area contributed by atoms with E-state index in [4.69, 9.17) is 0 Å². The Balaban J connectivity index is 1.58. The van der Waals surface area contributed by atoms with Crippen LogP contribution in [0.4, 0.5) is 23.2 Å². The summed E-state index contributed by atoms with van der Waals surface area (Å²) in [6, 6.07) is 13.8. The lowest BCUT2D eigenvalue weighted by atomic mass is 10.1. The molecule has 33 heavy (non-hydrogen) atoms. The van der Waals surface area contributed by atoms with Gasteiger partial charge in [0.25, 0.3) is 0 Å². The predicted molar refractivity (Wildman–Crippen MR) is 115 cm³/mol. The van der Waals surface area contributed by atoms with Crippen molar-refractivity contribution in [3.05, 3.63) is 84.4 Å². The Kier molecular flexibility index (Phi) is 6.40. The second-order valence-corrected chi connectivity index (χ2v) is 7.68. The van der Waals surface area contributed by atoms with Crippen LogP contribution in [0.25, 0.3) is 17.1 Å². The Morgan fingerprint density at radius 1 is 0.970 bits per heavy atom. The summed E-state index contributed by atoms with van der Waals surface area (Å²) in [6.07, 6.45) is -1.44. The topological polar surface area (TPSA) is 72.7 Å². The van der Waals surface area contributed by atoms with Crippen molar-refractivity contribution < 1.29 is 22.4 Å². The number of pyridine rings is 1. The van der Waals surface area contributed by atoms with Crippen LogP contribution in [0.15, 0.2) is 78.2 Å². The number of para-hydroxylation sites is 1. The molecule has 0 radical (unpaired) electrons. The number of halogens is 4. The summed E-state index contributed by atoms with van der Waals surface area (Å²) < 4.78 is 54.6. The number of alkyl halides is 3. The van der Waals surface area contributed by atoms with E-state index in [0.29, 0.717) is 22.2 Å². The molecule has 168 valence electrons.